The average Bonchev–Trinajstić information content (AvgIpc) is 2.87. The summed E-state index contributed by atoms with van der Waals surface area (Å²) in [5.41, 5.74) is 3.18. The molecule has 2 rings (SSSR count). The van der Waals surface area contributed by atoms with Crippen LogP contribution < -0.4 is 10.6 Å². The van der Waals surface area contributed by atoms with Crippen molar-refractivity contribution in [2.24, 2.45) is 7.05 Å². The van der Waals surface area contributed by atoms with Crippen molar-refractivity contribution in [3.63, 3.8) is 0 Å². The van der Waals surface area contributed by atoms with Gasteiger partial charge in [0, 0.05) is 36.6 Å². The highest BCUT2D eigenvalue weighted by atomic mass is 16.6. The van der Waals surface area contributed by atoms with Gasteiger partial charge in [0.1, 0.15) is 0 Å². The smallest absolute Gasteiger partial charge is 0.319 e. The number of nitrogens with one attached hydrogen (secondary N) is 2. The van der Waals surface area contributed by atoms with Crippen LogP contribution in [-0.4, -0.2) is 27.3 Å². The maximum absolute atomic E-state index is 11.9. The first-order valence-corrected chi connectivity index (χ1v) is 7.72. The van der Waals surface area contributed by atoms with E-state index in [2.05, 4.69) is 15.7 Å². The molecule has 2 amide bonds. The van der Waals surface area contributed by atoms with Gasteiger partial charge in [0.15, 0.2) is 0 Å². The fourth-order valence-corrected chi connectivity index (χ4v) is 2.39. The second-order valence-corrected chi connectivity index (χ2v) is 5.46. The van der Waals surface area contributed by atoms with Crippen LogP contribution in [0.15, 0.2) is 24.4 Å². The second-order valence-electron chi connectivity index (χ2n) is 5.46. The number of rotatable bonds is 6. The monoisotopic (exact) mass is 331 g/mol. The third kappa shape index (κ3) is 4.09. The van der Waals surface area contributed by atoms with Crippen molar-refractivity contribution in [2.75, 3.05) is 11.9 Å². The van der Waals surface area contributed by atoms with Gasteiger partial charge in [0.2, 0.25) is 0 Å². The molecule has 8 nitrogen and oxygen atoms in total. The fraction of sp³-hybridized carbons (Fsp3) is 0.375. The maximum Gasteiger partial charge on any atom is 0.319 e. The molecule has 0 aliphatic rings. The van der Waals surface area contributed by atoms with E-state index < -0.39 is 11.0 Å². The van der Waals surface area contributed by atoms with Crippen molar-refractivity contribution in [1.82, 2.24) is 15.1 Å². The molecule has 1 heterocycles. The zero-order chi connectivity index (χ0) is 17.7. The minimum Gasteiger partial charge on any atom is -0.338 e. The topological polar surface area (TPSA) is 102 Å². The van der Waals surface area contributed by atoms with E-state index in [1.54, 1.807) is 23.0 Å². The molecular weight excluding hydrogens is 310 g/mol. The number of benzene rings is 1. The number of hydrogen-bond acceptors (Lipinski definition) is 4. The molecule has 1 aromatic carbocycles. The lowest BCUT2D eigenvalue weighted by Gasteiger charge is -2.08. The summed E-state index contributed by atoms with van der Waals surface area (Å²) in [5, 5.41) is 20.6. The molecule has 1 aromatic heterocycles. The van der Waals surface area contributed by atoms with Crippen LogP contribution in [0.5, 0.6) is 0 Å². The molecule has 128 valence electrons. The normalized spacial score (nSPS) is 10.5. The molecule has 0 spiro atoms. The van der Waals surface area contributed by atoms with Crippen molar-refractivity contribution in [3.8, 4) is 0 Å². The zero-order valence-electron chi connectivity index (χ0n) is 14.0. The van der Waals surface area contributed by atoms with E-state index in [4.69, 9.17) is 0 Å². The number of amides is 2. The highest BCUT2D eigenvalue weighted by Crippen LogP contribution is 2.23. The van der Waals surface area contributed by atoms with Gasteiger partial charge >= 0.3 is 6.03 Å². The van der Waals surface area contributed by atoms with Crippen molar-refractivity contribution >= 4 is 17.4 Å². The number of urea groups is 1. The van der Waals surface area contributed by atoms with Crippen LogP contribution in [0.2, 0.25) is 0 Å². The first-order valence-electron chi connectivity index (χ1n) is 7.72. The number of anilines is 1. The summed E-state index contributed by atoms with van der Waals surface area (Å²) in [6, 6.07) is 4.31. The zero-order valence-corrected chi connectivity index (χ0v) is 14.0. The fourth-order valence-electron chi connectivity index (χ4n) is 2.39. The van der Waals surface area contributed by atoms with Crippen LogP contribution in [0, 0.1) is 17.0 Å². The van der Waals surface area contributed by atoms with Crippen LogP contribution in [0.3, 0.4) is 0 Å². The summed E-state index contributed by atoms with van der Waals surface area (Å²) in [6.07, 6.45) is 3.01. The lowest BCUT2D eigenvalue weighted by atomic mass is 10.1. The number of aryl methyl sites for hydroxylation is 2. The Morgan fingerprint density at radius 1 is 1.38 bits per heavy atom. The molecule has 2 N–H and O–H groups in total. The molecule has 8 heteroatoms. The summed E-state index contributed by atoms with van der Waals surface area (Å²) < 4.78 is 1.78. The van der Waals surface area contributed by atoms with E-state index >= 15 is 0 Å². The number of nitrogens with zero attached hydrogens (tertiary/aromatic N) is 3. The minimum absolute atomic E-state index is 0.0151. The molecule has 0 unspecified atom stereocenters. The summed E-state index contributed by atoms with van der Waals surface area (Å²) >= 11 is 0. The van der Waals surface area contributed by atoms with Crippen LogP contribution in [0.25, 0.3) is 0 Å². The van der Waals surface area contributed by atoms with E-state index in [0.717, 1.165) is 11.3 Å². The van der Waals surface area contributed by atoms with Gasteiger partial charge in [-0.2, -0.15) is 5.10 Å². The molecular formula is C16H21N5O3. The molecule has 0 bridgehead atoms. The largest absolute Gasteiger partial charge is 0.338 e. The summed E-state index contributed by atoms with van der Waals surface area (Å²) in [4.78, 5) is 22.5. The third-order valence-corrected chi connectivity index (χ3v) is 3.94. The van der Waals surface area contributed by atoms with E-state index in [0.29, 0.717) is 30.6 Å². The number of carbonyl (C=O) groups is 1. The average molecular weight is 331 g/mol. The van der Waals surface area contributed by atoms with Gasteiger partial charge in [-0.3, -0.25) is 14.8 Å². The predicted octanol–water partition coefficient (Wildman–Crippen LogP) is 2.56. The number of hydrogen-bond donors (Lipinski definition) is 2. The van der Waals surface area contributed by atoms with Gasteiger partial charge < -0.3 is 10.6 Å². The van der Waals surface area contributed by atoms with E-state index in [1.165, 1.54) is 6.07 Å². The van der Waals surface area contributed by atoms with E-state index in [-0.39, 0.29) is 5.69 Å². The predicted molar refractivity (Wildman–Crippen MR) is 91.1 cm³/mol. The molecule has 0 atom stereocenters. The van der Waals surface area contributed by atoms with Gasteiger partial charge in [0.25, 0.3) is 5.69 Å². The Labute approximate surface area is 140 Å². The Kier molecular flexibility index (Phi) is 5.51. The van der Waals surface area contributed by atoms with Crippen LogP contribution in [0.1, 0.15) is 23.7 Å². The Morgan fingerprint density at radius 2 is 2.12 bits per heavy atom. The second kappa shape index (κ2) is 7.58. The lowest BCUT2D eigenvalue weighted by Crippen LogP contribution is -2.30. The molecule has 24 heavy (non-hydrogen) atoms. The summed E-state index contributed by atoms with van der Waals surface area (Å²) in [5.74, 6) is 0. The Hall–Kier alpha value is -2.90. The SMILES string of the molecule is CCc1ccc(NC(=O)NCCc2cnn(C)c2C)cc1[N+](=O)[O-]. The molecule has 0 aliphatic carbocycles. The molecule has 0 saturated heterocycles. The van der Waals surface area contributed by atoms with Gasteiger partial charge in [-0.15, -0.1) is 0 Å². The van der Waals surface area contributed by atoms with Crippen molar-refractivity contribution < 1.29 is 9.72 Å². The Bertz CT molecular complexity index is 754. The number of carbonyl (C=O) groups excluding carboxylic acids is 1. The summed E-state index contributed by atoms with van der Waals surface area (Å²) in [7, 11) is 1.87. The van der Waals surface area contributed by atoms with Crippen LogP contribution in [0.4, 0.5) is 16.2 Å². The minimum atomic E-state index is -0.437. The number of nitro benzene ring substituents is 1. The number of nitro groups is 1. The van der Waals surface area contributed by atoms with Crippen LogP contribution in [-0.2, 0) is 19.9 Å². The molecule has 0 fully saturated rings. The van der Waals surface area contributed by atoms with E-state index in [9.17, 15) is 14.9 Å². The number of aromatic nitrogens is 2. The van der Waals surface area contributed by atoms with Gasteiger partial charge in [-0.25, -0.2) is 4.79 Å². The maximum atomic E-state index is 11.9. The highest BCUT2D eigenvalue weighted by molar-refractivity contribution is 5.89. The summed E-state index contributed by atoms with van der Waals surface area (Å²) in [6.45, 7) is 4.27. The van der Waals surface area contributed by atoms with Crippen LogP contribution >= 0.6 is 0 Å². The lowest BCUT2D eigenvalue weighted by molar-refractivity contribution is -0.385. The first kappa shape index (κ1) is 17.5. The van der Waals surface area contributed by atoms with Crippen molar-refractivity contribution in [1.29, 1.82) is 0 Å². The standard InChI is InChI=1S/C16H21N5O3/c1-4-12-5-6-14(9-15(12)21(23)24)19-16(22)17-8-7-13-10-18-20(3)11(13)2/h5-6,9-10H,4,7-8H2,1-3H3,(H2,17,19,22). The van der Waals surface area contributed by atoms with E-state index in [1.807, 2.05) is 20.9 Å². The quantitative estimate of drug-likeness (QED) is 0.627. The van der Waals surface area contributed by atoms with Gasteiger partial charge in [-0.05, 0) is 31.4 Å². The molecule has 0 aliphatic heterocycles. The molecule has 0 radical (unpaired) electrons. The van der Waals surface area contributed by atoms with Crippen molar-refractivity contribution in [3.05, 3.63) is 51.3 Å². The van der Waals surface area contributed by atoms with Crippen molar-refractivity contribution in [2.45, 2.75) is 26.7 Å². The van der Waals surface area contributed by atoms with Gasteiger partial charge in [-0.1, -0.05) is 13.0 Å². The molecule has 2 aromatic rings. The highest BCUT2D eigenvalue weighted by Gasteiger charge is 2.14. The first-order chi connectivity index (χ1) is 11.4. The third-order valence-electron chi connectivity index (χ3n) is 3.94. The molecule has 0 saturated carbocycles. The Balaban J connectivity index is 1.91. The van der Waals surface area contributed by atoms with Gasteiger partial charge in [0.05, 0.1) is 11.1 Å². The Morgan fingerprint density at radius 3 is 2.71 bits per heavy atom.